The summed E-state index contributed by atoms with van der Waals surface area (Å²) < 4.78 is 25.2. The Morgan fingerprint density at radius 1 is 1.07 bits per heavy atom. The average Bonchev–Trinajstić information content (AvgIpc) is 3.43. The van der Waals surface area contributed by atoms with E-state index < -0.39 is 11.8 Å². The summed E-state index contributed by atoms with van der Waals surface area (Å²) in [4.78, 5) is 18.3. The minimum atomic E-state index is -1.33. The fourth-order valence-corrected chi connectivity index (χ4v) is 5.63. The molecule has 0 saturated carbocycles. The highest BCUT2D eigenvalue weighted by Gasteiger charge is 2.39. The van der Waals surface area contributed by atoms with Gasteiger partial charge in [0.2, 0.25) is 5.82 Å². The smallest absolute Gasteiger partial charge is 0.450 e. The summed E-state index contributed by atoms with van der Waals surface area (Å²) in [6, 6.07) is 20.2. The molecule has 1 aliphatic rings. The number of likely N-dealkylation sites (tertiary alicyclic amines) is 1. The van der Waals surface area contributed by atoms with Crippen LogP contribution in [0.5, 0.6) is 0 Å². The molecule has 4 aromatic rings. The van der Waals surface area contributed by atoms with Crippen molar-refractivity contribution in [2.24, 2.45) is 5.92 Å². The first-order chi connectivity index (χ1) is 19.7. The predicted octanol–water partition coefficient (Wildman–Crippen LogP) is 7.67. The van der Waals surface area contributed by atoms with Gasteiger partial charge in [-0.15, -0.1) is 0 Å². The van der Waals surface area contributed by atoms with Gasteiger partial charge in [-0.25, -0.2) is 9.18 Å². The summed E-state index contributed by atoms with van der Waals surface area (Å²) in [6.07, 6.45) is 0.763. The summed E-state index contributed by atoms with van der Waals surface area (Å²) >= 11 is 6.48. The fourth-order valence-electron chi connectivity index (χ4n) is 5.37. The zero-order chi connectivity index (χ0) is 29.0. The Morgan fingerprint density at radius 3 is 2.44 bits per heavy atom. The maximum atomic E-state index is 14.3. The number of hydrogen-bond acceptors (Lipinski definition) is 6. The van der Waals surface area contributed by atoms with Crippen molar-refractivity contribution in [1.82, 2.24) is 15.0 Å². The minimum absolute atomic E-state index is 0.218. The van der Waals surface area contributed by atoms with Crippen LogP contribution in [0.3, 0.4) is 0 Å². The SMILES string of the molecule is CC(C)Cc1ccc(-c2nc(-c3ccc(CN4CCC(Cc5ccccc5F)(OC(=O)O)CC4)cc3)no2)cc1Cl. The molecule has 9 heteroatoms. The molecule has 1 N–H and O–H groups in total. The molecule has 0 atom stereocenters. The second-order valence-corrected chi connectivity index (χ2v) is 11.5. The van der Waals surface area contributed by atoms with Crippen molar-refractivity contribution in [1.29, 1.82) is 0 Å². The molecule has 0 spiro atoms. The molecule has 214 valence electrons. The molecular weight excluding hydrogens is 545 g/mol. The van der Waals surface area contributed by atoms with E-state index in [1.807, 2.05) is 42.5 Å². The van der Waals surface area contributed by atoms with E-state index in [0.717, 1.165) is 28.7 Å². The molecule has 1 saturated heterocycles. The zero-order valence-electron chi connectivity index (χ0n) is 23.1. The summed E-state index contributed by atoms with van der Waals surface area (Å²) in [5, 5.41) is 14.2. The van der Waals surface area contributed by atoms with Crippen LogP contribution in [0, 0.1) is 11.7 Å². The van der Waals surface area contributed by atoms with E-state index in [1.165, 1.54) is 6.07 Å². The molecule has 7 nitrogen and oxygen atoms in total. The van der Waals surface area contributed by atoms with Crippen LogP contribution < -0.4 is 0 Å². The Bertz CT molecular complexity index is 1500. The lowest BCUT2D eigenvalue weighted by Crippen LogP contribution is -2.48. The van der Waals surface area contributed by atoms with Crippen molar-refractivity contribution in [3.8, 4) is 22.8 Å². The molecule has 0 amide bonds. The summed E-state index contributed by atoms with van der Waals surface area (Å²) in [7, 11) is 0. The zero-order valence-corrected chi connectivity index (χ0v) is 23.9. The molecule has 0 bridgehead atoms. The van der Waals surface area contributed by atoms with Gasteiger partial charge in [0, 0.05) is 55.0 Å². The predicted molar refractivity (Wildman–Crippen MR) is 155 cm³/mol. The first kappa shape index (κ1) is 28.8. The third kappa shape index (κ3) is 7.13. The van der Waals surface area contributed by atoms with Crippen LogP contribution in [0.1, 0.15) is 43.4 Å². The highest BCUT2D eigenvalue weighted by molar-refractivity contribution is 6.31. The van der Waals surface area contributed by atoms with Gasteiger partial charge in [-0.2, -0.15) is 4.98 Å². The molecule has 1 aromatic heterocycles. The second-order valence-electron chi connectivity index (χ2n) is 11.1. The molecule has 0 unspecified atom stereocenters. The van der Waals surface area contributed by atoms with Gasteiger partial charge in [0.25, 0.3) is 5.89 Å². The first-order valence-corrected chi connectivity index (χ1v) is 14.2. The van der Waals surface area contributed by atoms with Crippen molar-refractivity contribution in [3.05, 3.63) is 94.3 Å². The summed E-state index contributed by atoms with van der Waals surface area (Å²) in [5.41, 5.74) is 3.34. The Balaban J connectivity index is 1.21. The molecular formula is C32H33ClFN3O4. The van der Waals surface area contributed by atoms with E-state index in [-0.39, 0.29) is 12.2 Å². The Labute approximate surface area is 243 Å². The molecule has 0 aliphatic carbocycles. The molecule has 2 heterocycles. The van der Waals surface area contributed by atoms with E-state index in [4.69, 9.17) is 20.9 Å². The molecule has 41 heavy (non-hydrogen) atoms. The van der Waals surface area contributed by atoms with Crippen LogP contribution in [0.25, 0.3) is 22.8 Å². The summed E-state index contributed by atoms with van der Waals surface area (Å²) in [6.45, 7) is 6.28. The number of hydrogen-bond donors (Lipinski definition) is 1. The molecule has 5 rings (SSSR count). The number of aromatic nitrogens is 2. The number of piperidine rings is 1. The van der Waals surface area contributed by atoms with Gasteiger partial charge in [0.15, 0.2) is 0 Å². The van der Waals surface area contributed by atoms with Gasteiger partial charge >= 0.3 is 6.16 Å². The number of benzene rings is 3. The topological polar surface area (TPSA) is 88.7 Å². The summed E-state index contributed by atoms with van der Waals surface area (Å²) in [5.74, 6) is 1.07. The molecule has 1 fully saturated rings. The van der Waals surface area contributed by atoms with E-state index >= 15 is 0 Å². The lowest BCUT2D eigenvalue weighted by Gasteiger charge is -2.40. The van der Waals surface area contributed by atoms with Crippen LogP contribution in [-0.2, 0) is 24.1 Å². The molecule has 3 aromatic carbocycles. The van der Waals surface area contributed by atoms with Gasteiger partial charge in [-0.1, -0.05) is 79.1 Å². The van der Waals surface area contributed by atoms with Crippen molar-refractivity contribution in [2.75, 3.05) is 13.1 Å². The highest BCUT2D eigenvalue weighted by Crippen LogP contribution is 2.33. The van der Waals surface area contributed by atoms with Crippen molar-refractivity contribution in [3.63, 3.8) is 0 Å². The van der Waals surface area contributed by atoms with E-state index in [9.17, 15) is 14.3 Å². The maximum Gasteiger partial charge on any atom is 0.506 e. The largest absolute Gasteiger partial charge is 0.506 e. The van der Waals surface area contributed by atoms with Gasteiger partial charge in [0.1, 0.15) is 11.4 Å². The lowest BCUT2D eigenvalue weighted by molar-refractivity contribution is -0.0574. The van der Waals surface area contributed by atoms with E-state index in [2.05, 4.69) is 28.9 Å². The quantitative estimate of drug-likeness (QED) is 0.204. The van der Waals surface area contributed by atoms with Crippen molar-refractivity contribution < 1.29 is 23.6 Å². The Morgan fingerprint density at radius 2 is 1.78 bits per heavy atom. The highest BCUT2D eigenvalue weighted by atomic mass is 35.5. The standard InChI is InChI=1S/C32H33ClFN3O4/c1-21(2)17-24-11-12-25(18-27(24)33)30-35-29(36-41-30)23-9-7-22(8-10-23)20-37-15-13-32(14-16-37,40-31(38)39)19-26-5-3-4-6-28(26)34/h3-12,18,21H,13-17,19-20H2,1-2H3,(H,38,39). The van der Waals surface area contributed by atoms with Gasteiger partial charge in [-0.05, 0) is 47.2 Å². The van der Waals surface area contributed by atoms with Gasteiger partial charge < -0.3 is 14.4 Å². The fraction of sp³-hybridized carbons (Fsp3) is 0.344. The van der Waals surface area contributed by atoms with Crippen LogP contribution in [0.15, 0.2) is 71.3 Å². The van der Waals surface area contributed by atoms with Gasteiger partial charge in [-0.3, -0.25) is 4.90 Å². The van der Waals surface area contributed by atoms with E-state index in [1.54, 1.807) is 18.2 Å². The van der Waals surface area contributed by atoms with Gasteiger partial charge in [0.05, 0.1) is 0 Å². The number of ether oxygens (including phenoxy) is 1. The van der Waals surface area contributed by atoms with Crippen LogP contribution >= 0.6 is 11.6 Å². The molecule has 1 aliphatic heterocycles. The van der Waals surface area contributed by atoms with E-state index in [0.29, 0.717) is 60.7 Å². The maximum absolute atomic E-state index is 14.3. The number of carboxylic acid groups (broad SMARTS) is 1. The molecule has 0 radical (unpaired) electrons. The van der Waals surface area contributed by atoms with Crippen LogP contribution in [-0.4, -0.2) is 45.0 Å². The monoisotopic (exact) mass is 577 g/mol. The Hall–Kier alpha value is -3.75. The second kappa shape index (κ2) is 12.4. The van der Waals surface area contributed by atoms with Crippen molar-refractivity contribution in [2.45, 2.75) is 51.7 Å². The number of nitrogens with zero attached hydrogens (tertiary/aromatic N) is 3. The van der Waals surface area contributed by atoms with Crippen LogP contribution in [0.2, 0.25) is 5.02 Å². The number of halogens is 2. The lowest BCUT2D eigenvalue weighted by atomic mass is 9.84. The third-order valence-corrected chi connectivity index (χ3v) is 7.87. The normalized spacial score (nSPS) is 15.2. The van der Waals surface area contributed by atoms with Crippen molar-refractivity contribution >= 4 is 17.8 Å². The number of carbonyl (C=O) groups is 1. The first-order valence-electron chi connectivity index (χ1n) is 13.8. The number of rotatable bonds is 9. The average molecular weight is 578 g/mol. The third-order valence-electron chi connectivity index (χ3n) is 7.51. The van der Waals surface area contributed by atoms with Crippen LogP contribution in [0.4, 0.5) is 9.18 Å². The Kier molecular flexibility index (Phi) is 8.71. The minimum Gasteiger partial charge on any atom is -0.450 e.